The number of allylic oxidation sites excluding steroid dienone is 5. The maximum atomic E-state index is 12.4. The van der Waals surface area contributed by atoms with E-state index in [9.17, 15) is 4.79 Å². The summed E-state index contributed by atoms with van der Waals surface area (Å²) in [6.45, 7) is 0.557. The van der Waals surface area contributed by atoms with Crippen LogP contribution in [0.4, 0.5) is 17.3 Å². The van der Waals surface area contributed by atoms with Gasteiger partial charge in [-0.2, -0.15) is 0 Å². The van der Waals surface area contributed by atoms with Gasteiger partial charge in [0.2, 0.25) is 5.95 Å². The zero-order valence-corrected chi connectivity index (χ0v) is 15.3. The summed E-state index contributed by atoms with van der Waals surface area (Å²) < 4.78 is 0. The van der Waals surface area contributed by atoms with E-state index in [2.05, 4.69) is 50.2 Å². The van der Waals surface area contributed by atoms with Crippen LogP contribution in [0, 0.1) is 0 Å². The Morgan fingerprint density at radius 1 is 1.11 bits per heavy atom. The highest BCUT2D eigenvalue weighted by atomic mass is 16.1. The number of benzene rings is 1. The van der Waals surface area contributed by atoms with E-state index >= 15 is 0 Å². The van der Waals surface area contributed by atoms with E-state index in [0.717, 1.165) is 24.2 Å². The number of carbonyl (C=O) groups excluding carboxylic acids is 1. The van der Waals surface area contributed by atoms with E-state index in [1.54, 1.807) is 12.3 Å². The normalized spacial score (nSPS) is 12.9. The molecule has 0 bridgehead atoms. The standard InChI is InChI=1S/C21H23N5O/c1-22-17-8-10-18(11-9-17)25-21-24-15-13-19(26-21)20(27)23-14-12-16-6-4-2-3-5-7-16/h2,4-11,13,15,22H,3,12,14H2,1H3,(H,23,27)(H,24,25,26). The predicted octanol–water partition coefficient (Wildman–Crippen LogP) is 3.82. The fourth-order valence-electron chi connectivity index (χ4n) is 2.60. The first-order valence-electron chi connectivity index (χ1n) is 8.93. The van der Waals surface area contributed by atoms with Crippen LogP contribution in [0.15, 0.2) is 72.5 Å². The summed E-state index contributed by atoms with van der Waals surface area (Å²) in [5, 5.41) is 9.08. The number of nitrogens with zero attached hydrogens (tertiary/aromatic N) is 2. The highest BCUT2D eigenvalue weighted by Gasteiger charge is 2.09. The molecule has 27 heavy (non-hydrogen) atoms. The van der Waals surface area contributed by atoms with Gasteiger partial charge in [0.15, 0.2) is 0 Å². The molecule has 1 amide bonds. The summed E-state index contributed by atoms with van der Waals surface area (Å²) in [6, 6.07) is 9.35. The summed E-state index contributed by atoms with van der Waals surface area (Å²) in [4.78, 5) is 20.8. The molecular weight excluding hydrogens is 338 g/mol. The molecule has 1 aliphatic rings. The summed E-state index contributed by atoms with van der Waals surface area (Å²) in [5.74, 6) is 0.180. The van der Waals surface area contributed by atoms with Crippen molar-refractivity contribution in [2.24, 2.45) is 0 Å². The first-order valence-corrected chi connectivity index (χ1v) is 8.93. The summed E-state index contributed by atoms with van der Waals surface area (Å²) in [5.41, 5.74) is 3.40. The minimum absolute atomic E-state index is 0.209. The molecule has 0 unspecified atom stereocenters. The van der Waals surface area contributed by atoms with Gasteiger partial charge in [-0.05, 0) is 48.7 Å². The van der Waals surface area contributed by atoms with E-state index in [1.807, 2.05) is 37.4 Å². The topological polar surface area (TPSA) is 78.9 Å². The average Bonchev–Trinajstić information content (AvgIpc) is 2.97. The largest absolute Gasteiger partial charge is 0.388 e. The van der Waals surface area contributed by atoms with Crippen molar-refractivity contribution in [1.29, 1.82) is 0 Å². The predicted molar refractivity (Wildman–Crippen MR) is 109 cm³/mol. The Morgan fingerprint density at radius 3 is 2.74 bits per heavy atom. The minimum atomic E-state index is -0.209. The lowest BCUT2D eigenvalue weighted by molar-refractivity contribution is 0.0949. The van der Waals surface area contributed by atoms with Crippen molar-refractivity contribution < 1.29 is 4.79 Å². The van der Waals surface area contributed by atoms with Gasteiger partial charge in [-0.1, -0.05) is 30.4 Å². The molecule has 0 saturated carbocycles. The number of nitrogens with one attached hydrogen (secondary N) is 3. The van der Waals surface area contributed by atoms with Crippen LogP contribution in [-0.4, -0.2) is 29.5 Å². The van der Waals surface area contributed by atoms with Crippen molar-refractivity contribution in [2.45, 2.75) is 12.8 Å². The highest BCUT2D eigenvalue weighted by molar-refractivity contribution is 5.92. The summed E-state index contributed by atoms with van der Waals surface area (Å²) in [7, 11) is 1.87. The molecule has 0 spiro atoms. The molecule has 0 atom stereocenters. The summed E-state index contributed by atoms with van der Waals surface area (Å²) >= 11 is 0. The van der Waals surface area contributed by atoms with Crippen molar-refractivity contribution in [3.8, 4) is 0 Å². The molecule has 0 radical (unpaired) electrons. The Labute approximate surface area is 159 Å². The van der Waals surface area contributed by atoms with E-state index < -0.39 is 0 Å². The molecule has 0 aliphatic heterocycles. The SMILES string of the molecule is CNc1ccc(Nc2nccc(C(=O)NCCC3=CC=CCC=C3)n2)cc1. The quantitative estimate of drug-likeness (QED) is 0.699. The molecule has 1 aromatic heterocycles. The number of amides is 1. The van der Waals surface area contributed by atoms with Crippen LogP contribution in [0.25, 0.3) is 0 Å². The van der Waals surface area contributed by atoms with Crippen molar-refractivity contribution >= 4 is 23.2 Å². The lowest BCUT2D eigenvalue weighted by Crippen LogP contribution is -2.25. The lowest BCUT2D eigenvalue weighted by Gasteiger charge is -2.08. The van der Waals surface area contributed by atoms with Crippen LogP contribution >= 0.6 is 0 Å². The van der Waals surface area contributed by atoms with Gasteiger partial charge >= 0.3 is 0 Å². The van der Waals surface area contributed by atoms with Crippen molar-refractivity contribution in [3.05, 3.63) is 78.2 Å². The third-order valence-electron chi connectivity index (χ3n) is 4.07. The number of rotatable bonds is 7. The molecule has 1 aliphatic carbocycles. The molecule has 6 heteroatoms. The summed E-state index contributed by atoms with van der Waals surface area (Å²) in [6.07, 6.45) is 13.7. The number of hydrogen-bond donors (Lipinski definition) is 3. The van der Waals surface area contributed by atoms with Crippen LogP contribution in [0.2, 0.25) is 0 Å². The van der Waals surface area contributed by atoms with Gasteiger partial charge in [0, 0.05) is 31.2 Å². The Hall–Kier alpha value is -3.41. The Bertz CT molecular complexity index is 868. The van der Waals surface area contributed by atoms with Crippen LogP contribution in [0.1, 0.15) is 23.3 Å². The van der Waals surface area contributed by atoms with Crippen molar-refractivity contribution in [1.82, 2.24) is 15.3 Å². The van der Waals surface area contributed by atoms with Gasteiger partial charge in [-0.3, -0.25) is 4.79 Å². The Balaban J connectivity index is 1.56. The maximum absolute atomic E-state index is 12.4. The van der Waals surface area contributed by atoms with Crippen LogP contribution in [0.5, 0.6) is 0 Å². The van der Waals surface area contributed by atoms with Crippen molar-refractivity contribution in [3.63, 3.8) is 0 Å². The number of carbonyl (C=O) groups is 1. The average molecular weight is 361 g/mol. The monoisotopic (exact) mass is 361 g/mol. The van der Waals surface area contributed by atoms with Gasteiger partial charge in [0.25, 0.3) is 5.91 Å². The molecule has 1 aromatic carbocycles. The number of anilines is 3. The molecule has 0 saturated heterocycles. The van der Waals surface area contributed by atoms with Crippen molar-refractivity contribution in [2.75, 3.05) is 24.2 Å². The second kappa shape index (κ2) is 9.33. The molecule has 0 fully saturated rings. The molecular formula is C21H23N5O. The third-order valence-corrected chi connectivity index (χ3v) is 4.07. The second-order valence-electron chi connectivity index (χ2n) is 6.03. The fourth-order valence-corrected chi connectivity index (χ4v) is 2.60. The fraction of sp³-hybridized carbons (Fsp3) is 0.190. The van der Waals surface area contributed by atoms with Gasteiger partial charge in [0.1, 0.15) is 5.69 Å². The Morgan fingerprint density at radius 2 is 1.93 bits per heavy atom. The first kappa shape index (κ1) is 18.4. The van der Waals surface area contributed by atoms with Gasteiger partial charge in [-0.15, -0.1) is 0 Å². The van der Waals surface area contributed by atoms with Gasteiger partial charge in [-0.25, -0.2) is 9.97 Å². The zero-order chi connectivity index (χ0) is 18.9. The molecule has 2 aromatic rings. The smallest absolute Gasteiger partial charge is 0.270 e. The van der Waals surface area contributed by atoms with Gasteiger partial charge in [0.05, 0.1) is 0 Å². The third kappa shape index (κ3) is 5.54. The van der Waals surface area contributed by atoms with Gasteiger partial charge < -0.3 is 16.0 Å². The van der Waals surface area contributed by atoms with E-state index in [0.29, 0.717) is 18.2 Å². The highest BCUT2D eigenvalue weighted by Crippen LogP contribution is 2.16. The molecule has 3 rings (SSSR count). The second-order valence-corrected chi connectivity index (χ2v) is 6.03. The number of aromatic nitrogens is 2. The molecule has 3 N–H and O–H groups in total. The van der Waals surface area contributed by atoms with Crippen LogP contribution < -0.4 is 16.0 Å². The first-order chi connectivity index (χ1) is 13.2. The number of hydrogen-bond acceptors (Lipinski definition) is 5. The molecule has 1 heterocycles. The Kier molecular flexibility index (Phi) is 6.35. The lowest BCUT2D eigenvalue weighted by atomic mass is 10.1. The van der Waals surface area contributed by atoms with E-state index in [4.69, 9.17) is 0 Å². The van der Waals surface area contributed by atoms with E-state index in [1.165, 1.54) is 5.57 Å². The van der Waals surface area contributed by atoms with Crippen LogP contribution in [-0.2, 0) is 0 Å². The maximum Gasteiger partial charge on any atom is 0.270 e. The zero-order valence-electron chi connectivity index (χ0n) is 15.3. The van der Waals surface area contributed by atoms with Crippen LogP contribution in [0.3, 0.4) is 0 Å². The minimum Gasteiger partial charge on any atom is -0.388 e. The van der Waals surface area contributed by atoms with E-state index in [-0.39, 0.29) is 5.91 Å². The molecule has 6 nitrogen and oxygen atoms in total. The molecule has 138 valence electrons.